The maximum absolute atomic E-state index is 12.9. The van der Waals surface area contributed by atoms with Crippen molar-refractivity contribution in [2.24, 2.45) is 5.92 Å². The van der Waals surface area contributed by atoms with Crippen LogP contribution in [0.25, 0.3) is 0 Å². The third-order valence-electron chi connectivity index (χ3n) is 4.63. The molecular formula is C17H18N4O5S. The lowest BCUT2D eigenvalue weighted by molar-refractivity contribution is -0.127. The number of benzene rings is 1. The molecule has 1 aromatic heterocycles. The van der Waals surface area contributed by atoms with Gasteiger partial charge in [-0.3, -0.25) is 9.59 Å². The van der Waals surface area contributed by atoms with Crippen molar-refractivity contribution in [2.75, 3.05) is 26.3 Å². The number of nitrogens with one attached hydrogen (secondary N) is 1. The van der Waals surface area contributed by atoms with E-state index in [1.54, 1.807) is 25.1 Å². The fraction of sp³-hybridized carbons (Fsp3) is 0.412. The van der Waals surface area contributed by atoms with Crippen LogP contribution < -0.4 is 14.8 Å². The molecule has 0 radical (unpaired) electrons. The van der Waals surface area contributed by atoms with Crippen LogP contribution >= 0.6 is 11.3 Å². The Labute approximate surface area is 159 Å². The molecule has 2 aliphatic rings. The molecule has 2 atom stereocenters. The Morgan fingerprint density at radius 3 is 3.00 bits per heavy atom. The van der Waals surface area contributed by atoms with Gasteiger partial charge >= 0.3 is 0 Å². The molecule has 2 amide bonds. The van der Waals surface area contributed by atoms with Gasteiger partial charge in [-0.15, -0.1) is 10.2 Å². The van der Waals surface area contributed by atoms with Crippen molar-refractivity contribution in [1.82, 2.24) is 15.1 Å². The first kappa shape index (κ1) is 17.7. The molecule has 0 aliphatic carbocycles. The average Bonchev–Trinajstić information content (AvgIpc) is 3.35. The Kier molecular flexibility index (Phi) is 4.66. The van der Waals surface area contributed by atoms with E-state index in [2.05, 4.69) is 15.5 Å². The largest absolute Gasteiger partial charge is 0.454 e. The van der Waals surface area contributed by atoms with E-state index >= 15 is 0 Å². The number of likely N-dealkylation sites (tertiary alicyclic amines) is 1. The molecule has 3 heterocycles. The summed E-state index contributed by atoms with van der Waals surface area (Å²) >= 11 is 1.25. The minimum Gasteiger partial charge on any atom is -0.454 e. The second-order valence-electron chi connectivity index (χ2n) is 6.30. The van der Waals surface area contributed by atoms with Gasteiger partial charge in [-0.05, 0) is 17.7 Å². The van der Waals surface area contributed by atoms with Crippen LogP contribution in [-0.4, -0.2) is 47.9 Å². The van der Waals surface area contributed by atoms with E-state index < -0.39 is 12.0 Å². The lowest BCUT2D eigenvalue weighted by Gasteiger charge is -2.24. The smallest absolute Gasteiger partial charge is 0.232 e. The zero-order chi connectivity index (χ0) is 19.0. The van der Waals surface area contributed by atoms with Crippen molar-refractivity contribution in [3.63, 3.8) is 0 Å². The second-order valence-corrected chi connectivity index (χ2v) is 7.36. The van der Waals surface area contributed by atoms with Crippen molar-refractivity contribution in [3.8, 4) is 11.5 Å². The summed E-state index contributed by atoms with van der Waals surface area (Å²) in [5.74, 6) is 0.377. The number of carbonyl (C=O) groups is 2. The molecule has 1 saturated heterocycles. The molecule has 2 aromatic rings. The molecule has 0 bridgehead atoms. The van der Waals surface area contributed by atoms with Crippen LogP contribution in [0.4, 0.5) is 5.13 Å². The zero-order valence-corrected chi connectivity index (χ0v) is 15.6. The monoisotopic (exact) mass is 390 g/mol. The van der Waals surface area contributed by atoms with Gasteiger partial charge in [-0.2, -0.15) is 0 Å². The number of nitrogens with zero attached hydrogens (tertiary/aromatic N) is 3. The van der Waals surface area contributed by atoms with Crippen LogP contribution in [0.3, 0.4) is 0 Å². The number of hydrogen-bond acceptors (Lipinski definition) is 8. The molecule has 27 heavy (non-hydrogen) atoms. The summed E-state index contributed by atoms with van der Waals surface area (Å²) in [5.41, 5.74) is 0.824. The highest BCUT2D eigenvalue weighted by atomic mass is 32.1. The molecule has 1 N–H and O–H groups in total. The van der Waals surface area contributed by atoms with Crippen LogP contribution in [0.1, 0.15) is 23.0 Å². The van der Waals surface area contributed by atoms with Crippen molar-refractivity contribution in [3.05, 3.63) is 28.8 Å². The maximum Gasteiger partial charge on any atom is 0.232 e. The fourth-order valence-corrected chi connectivity index (χ4v) is 4.06. The normalized spacial score (nSPS) is 21.0. The van der Waals surface area contributed by atoms with Gasteiger partial charge in [-0.25, -0.2) is 0 Å². The number of hydrogen-bond donors (Lipinski definition) is 1. The van der Waals surface area contributed by atoms with Gasteiger partial charge in [0, 0.05) is 20.6 Å². The maximum atomic E-state index is 12.9. The van der Waals surface area contributed by atoms with E-state index in [4.69, 9.17) is 14.2 Å². The summed E-state index contributed by atoms with van der Waals surface area (Å²) in [6.07, 6.45) is 0.130. The molecule has 1 aromatic carbocycles. The average molecular weight is 390 g/mol. The summed E-state index contributed by atoms with van der Waals surface area (Å²) < 4.78 is 15.8. The van der Waals surface area contributed by atoms with Gasteiger partial charge in [0.1, 0.15) is 11.6 Å². The summed E-state index contributed by atoms with van der Waals surface area (Å²) in [6, 6.07) is 5.09. The highest BCUT2D eigenvalue weighted by Crippen LogP contribution is 2.42. The summed E-state index contributed by atoms with van der Waals surface area (Å²) in [7, 11) is 3.27. The molecule has 142 valence electrons. The molecular weight excluding hydrogens is 372 g/mol. The van der Waals surface area contributed by atoms with Crippen LogP contribution in [0.15, 0.2) is 18.2 Å². The summed E-state index contributed by atoms with van der Waals surface area (Å²) in [5, 5.41) is 11.7. The van der Waals surface area contributed by atoms with Gasteiger partial charge in [0.2, 0.25) is 23.7 Å². The molecule has 9 nitrogen and oxygen atoms in total. The quantitative estimate of drug-likeness (QED) is 0.827. The standard InChI is InChI=1S/C17H18N4O5S/c1-21-14(22)6-10(16(23)18-17-20-19-13(27-17)7-24-2)15(21)9-3-4-11-12(5-9)26-8-25-11/h3-5,10,15H,6-8H2,1-2H3,(H,18,20,23)/t10-,15+/m1/s1. The number of ether oxygens (including phenoxy) is 3. The fourth-order valence-electron chi connectivity index (χ4n) is 3.34. The zero-order valence-electron chi connectivity index (χ0n) is 14.8. The summed E-state index contributed by atoms with van der Waals surface area (Å²) in [6.45, 7) is 0.501. The molecule has 1 fully saturated rings. The highest BCUT2D eigenvalue weighted by Gasteiger charge is 2.43. The Balaban J connectivity index is 1.56. The van der Waals surface area contributed by atoms with Crippen molar-refractivity contribution in [1.29, 1.82) is 0 Å². The number of rotatable bonds is 5. The van der Waals surface area contributed by atoms with Crippen LogP contribution in [0.5, 0.6) is 11.5 Å². The highest BCUT2D eigenvalue weighted by molar-refractivity contribution is 7.15. The van der Waals surface area contributed by atoms with Gasteiger partial charge in [0.15, 0.2) is 11.5 Å². The van der Waals surface area contributed by atoms with Crippen molar-refractivity contribution >= 4 is 28.3 Å². The van der Waals surface area contributed by atoms with Gasteiger partial charge in [0.05, 0.1) is 12.0 Å². The Hall–Kier alpha value is -2.72. The van der Waals surface area contributed by atoms with E-state index in [0.717, 1.165) is 5.56 Å². The number of methoxy groups -OCH3 is 1. The number of carbonyl (C=O) groups excluding carboxylic acids is 2. The van der Waals surface area contributed by atoms with Gasteiger partial charge in [-0.1, -0.05) is 17.4 Å². The summed E-state index contributed by atoms with van der Waals surface area (Å²) in [4.78, 5) is 26.7. The Morgan fingerprint density at radius 1 is 1.37 bits per heavy atom. The molecule has 10 heteroatoms. The minimum absolute atomic E-state index is 0.0878. The molecule has 0 unspecified atom stereocenters. The van der Waals surface area contributed by atoms with Gasteiger partial charge < -0.3 is 24.4 Å². The van der Waals surface area contributed by atoms with Crippen LogP contribution in [-0.2, 0) is 20.9 Å². The van der Waals surface area contributed by atoms with Crippen LogP contribution in [0.2, 0.25) is 0 Å². The molecule has 2 aliphatic heterocycles. The number of fused-ring (bicyclic) bond motifs is 1. The molecule has 4 rings (SSSR count). The second kappa shape index (κ2) is 7.12. The van der Waals surface area contributed by atoms with Crippen molar-refractivity contribution in [2.45, 2.75) is 19.1 Å². The van der Waals surface area contributed by atoms with Crippen molar-refractivity contribution < 1.29 is 23.8 Å². The number of aromatic nitrogens is 2. The molecule has 0 spiro atoms. The predicted octanol–water partition coefficient (Wildman–Crippen LogP) is 1.57. The Morgan fingerprint density at radius 2 is 2.19 bits per heavy atom. The number of anilines is 1. The van der Waals surface area contributed by atoms with E-state index in [9.17, 15) is 9.59 Å². The van der Waals surface area contributed by atoms with E-state index in [-0.39, 0.29) is 25.0 Å². The van der Waals surface area contributed by atoms with Crippen LogP contribution in [0, 0.1) is 5.92 Å². The minimum atomic E-state index is -0.544. The first-order valence-electron chi connectivity index (χ1n) is 8.34. The third-order valence-corrected chi connectivity index (χ3v) is 5.44. The molecule has 0 saturated carbocycles. The first-order valence-corrected chi connectivity index (χ1v) is 9.16. The van der Waals surface area contributed by atoms with Gasteiger partial charge in [0.25, 0.3) is 0 Å². The van der Waals surface area contributed by atoms with E-state index in [0.29, 0.717) is 28.2 Å². The Bertz CT molecular complexity index is 886. The lowest BCUT2D eigenvalue weighted by atomic mass is 9.92. The van der Waals surface area contributed by atoms with E-state index in [1.165, 1.54) is 11.3 Å². The first-order chi connectivity index (χ1) is 13.1. The van der Waals surface area contributed by atoms with E-state index in [1.807, 2.05) is 12.1 Å². The predicted molar refractivity (Wildman–Crippen MR) is 95.4 cm³/mol. The topological polar surface area (TPSA) is 103 Å². The lowest BCUT2D eigenvalue weighted by Crippen LogP contribution is -2.30. The third kappa shape index (κ3) is 3.33. The SMILES string of the molecule is COCc1nnc(NC(=O)[C@@H]2CC(=O)N(C)[C@H]2c2ccc3c(c2)OCO3)s1. The number of amides is 2.